The predicted molar refractivity (Wildman–Crippen MR) is 190 cm³/mol. The second-order valence-electron chi connectivity index (χ2n) is 13.1. The number of ether oxygens (including phenoxy) is 1. The van der Waals surface area contributed by atoms with Crippen LogP contribution >= 0.6 is 0 Å². The van der Waals surface area contributed by atoms with Crippen LogP contribution in [-0.4, -0.2) is 23.1 Å². The number of aliphatic carboxylic acids is 1. The molecule has 258 valence electrons. The van der Waals surface area contributed by atoms with Crippen molar-refractivity contribution in [3.8, 4) is 0 Å². The maximum Gasteiger partial charge on any atom is 0.306 e. The molecule has 0 saturated heterocycles. The molecule has 0 amide bonds. The van der Waals surface area contributed by atoms with E-state index in [1.165, 1.54) is 116 Å². The standard InChI is InChI=1S/C40H74O4/c1-3-5-7-9-11-13-14-15-16-17-18-19-20-21-23-29-33-37-40(43)44-38(34-30-26-22-12-10-8-6-4-2)35-31-27-24-25-28-32-36-39(41)42/h12,22,30,34,38H,3-11,13-21,23-29,31-33,35-37H2,1-2H3,(H,41,42)/b22-12-,34-30-. The first-order valence-electron chi connectivity index (χ1n) is 19.3. The van der Waals surface area contributed by atoms with Gasteiger partial charge in [0, 0.05) is 12.8 Å². The molecule has 0 fully saturated rings. The second kappa shape index (κ2) is 35.9. The van der Waals surface area contributed by atoms with Crippen LogP contribution in [0.4, 0.5) is 0 Å². The number of allylic oxidation sites excluding steroid dienone is 3. The summed E-state index contributed by atoms with van der Waals surface area (Å²) in [5.41, 5.74) is 0. The largest absolute Gasteiger partial charge is 0.481 e. The number of hydrogen-bond donors (Lipinski definition) is 1. The van der Waals surface area contributed by atoms with E-state index in [-0.39, 0.29) is 18.5 Å². The topological polar surface area (TPSA) is 63.6 Å². The van der Waals surface area contributed by atoms with Crippen molar-refractivity contribution in [3.05, 3.63) is 24.3 Å². The fraction of sp³-hybridized carbons (Fsp3) is 0.850. The summed E-state index contributed by atoms with van der Waals surface area (Å²) in [7, 11) is 0. The lowest BCUT2D eigenvalue weighted by atomic mass is 10.0. The van der Waals surface area contributed by atoms with Gasteiger partial charge in [0.25, 0.3) is 0 Å². The molecule has 0 aromatic heterocycles. The molecule has 0 aliphatic carbocycles. The molecule has 0 radical (unpaired) electrons. The van der Waals surface area contributed by atoms with E-state index in [0.29, 0.717) is 6.42 Å². The molecule has 0 spiro atoms. The van der Waals surface area contributed by atoms with Gasteiger partial charge < -0.3 is 9.84 Å². The Labute approximate surface area is 274 Å². The average molecular weight is 619 g/mol. The fourth-order valence-corrected chi connectivity index (χ4v) is 5.78. The van der Waals surface area contributed by atoms with Crippen molar-refractivity contribution in [1.82, 2.24) is 0 Å². The van der Waals surface area contributed by atoms with Gasteiger partial charge in [0.05, 0.1) is 0 Å². The van der Waals surface area contributed by atoms with Gasteiger partial charge in [-0.2, -0.15) is 0 Å². The lowest BCUT2D eigenvalue weighted by molar-refractivity contribution is -0.147. The van der Waals surface area contributed by atoms with E-state index in [9.17, 15) is 9.59 Å². The summed E-state index contributed by atoms with van der Waals surface area (Å²) in [6.45, 7) is 4.52. The Bertz CT molecular complexity index is 668. The zero-order valence-corrected chi connectivity index (χ0v) is 29.5. The second-order valence-corrected chi connectivity index (χ2v) is 13.1. The SMILES string of the molecule is CCCCC/C=C\C/C=C\C(CCCCCCCCC(=O)O)OC(=O)CCCCCCCCCCCCCCCCCCC. The third kappa shape index (κ3) is 34.9. The number of carbonyl (C=O) groups is 2. The van der Waals surface area contributed by atoms with Crippen molar-refractivity contribution in [2.24, 2.45) is 0 Å². The number of carbonyl (C=O) groups excluding carboxylic acids is 1. The van der Waals surface area contributed by atoms with Gasteiger partial charge in [-0.25, -0.2) is 0 Å². The normalized spacial score (nSPS) is 12.4. The number of esters is 1. The Kier molecular flexibility index (Phi) is 34.6. The van der Waals surface area contributed by atoms with Crippen LogP contribution in [0.1, 0.15) is 213 Å². The monoisotopic (exact) mass is 619 g/mol. The van der Waals surface area contributed by atoms with Crippen molar-refractivity contribution in [3.63, 3.8) is 0 Å². The van der Waals surface area contributed by atoms with Crippen molar-refractivity contribution in [1.29, 1.82) is 0 Å². The predicted octanol–water partition coefficient (Wildman–Crippen LogP) is 13.2. The summed E-state index contributed by atoms with van der Waals surface area (Å²) >= 11 is 0. The highest BCUT2D eigenvalue weighted by Gasteiger charge is 2.11. The lowest BCUT2D eigenvalue weighted by Gasteiger charge is -2.14. The van der Waals surface area contributed by atoms with Gasteiger partial charge in [-0.1, -0.05) is 173 Å². The summed E-state index contributed by atoms with van der Waals surface area (Å²) in [6, 6.07) is 0. The Morgan fingerprint density at radius 3 is 1.45 bits per heavy atom. The molecule has 1 N–H and O–H groups in total. The summed E-state index contributed by atoms with van der Waals surface area (Å²) in [5, 5.41) is 8.76. The van der Waals surface area contributed by atoms with Crippen LogP contribution in [0.3, 0.4) is 0 Å². The van der Waals surface area contributed by atoms with Crippen molar-refractivity contribution in [2.75, 3.05) is 0 Å². The van der Waals surface area contributed by atoms with E-state index in [4.69, 9.17) is 9.84 Å². The third-order valence-corrected chi connectivity index (χ3v) is 8.66. The highest BCUT2D eigenvalue weighted by atomic mass is 16.5. The Balaban J connectivity index is 3.98. The maximum absolute atomic E-state index is 12.6. The minimum absolute atomic E-state index is 0.0515. The van der Waals surface area contributed by atoms with E-state index < -0.39 is 5.97 Å². The number of hydrogen-bond acceptors (Lipinski definition) is 3. The Hall–Kier alpha value is -1.58. The smallest absolute Gasteiger partial charge is 0.306 e. The lowest BCUT2D eigenvalue weighted by Crippen LogP contribution is -2.16. The van der Waals surface area contributed by atoms with Crippen LogP contribution in [0, 0.1) is 0 Å². The number of carboxylic acids is 1. The minimum atomic E-state index is -0.702. The van der Waals surface area contributed by atoms with Crippen LogP contribution in [0.25, 0.3) is 0 Å². The van der Waals surface area contributed by atoms with E-state index in [1.54, 1.807) is 0 Å². The number of unbranched alkanes of at least 4 members (excludes halogenated alkanes) is 24. The van der Waals surface area contributed by atoms with Crippen LogP contribution in [0.2, 0.25) is 0 Å². The van der Waals surface area contributed by atoms with Crippen LogP contribution in [-0.2, 0) is 14.3 Å². The van der Waals surface area contributed by atoms with Crippen molar-refractivity contribution in [2.45, 2.75) is 219 Å². The van der Waals surface area contributed by atoms with Gasteiger partial charge in [0.15, 0.2) is 0 Å². The maximum atomic E-state index is 12.6. The fourth-order valence-electron chi connectivity index (χ4n) is 5.78. The minimum Gasteiger partial charge on any atom is -0.481 e. The summed E-state index contributed by atoms with van der Waals surface area (Å²) in [5.74, 6) is -0.753. The third-order valence-electron chi connectivity index (χ3n) is 8.66. The molecule has 0 saturated carbocycles. The van der Waals surface area contributed by atoms with Gasteiger partial charge in [-0.3, -0.25) is 9.59 Å². The Morgan fingerprint density at radius 1 is 0.523 bits per heavy atom. The highest BCUT2D eigenvalue weighted by Crippen LogP contribution is 2.16. The molecule has 44 heavy (non-hydrogen) atoms. The highest BCUT2D eigenvalue weighted by molar-refractivity contribution is 5.69. The van der Waals surface area contributed by atoms with Gasteiger partial charge >= 0.3 is 11.9 Å². The van der Waals surface area contributed by atoms with Crippen LogP contribution in [0.5, 0.6) is 0 Å². The van der Waals surface area contributed by atoms with E-state index in [1.807, 2.05) is 0 Å². The summed E-state index contributed by atoms with van der Waals surface area (Å²) in [4.78, 5) is 23.2. The van der Waals surface area contributed by atoms with Crippen molar-refractivity contribution < 1.29 is 19.4 Å². The van der Waals surface area contributed by atoms with Crippen LogP contribution < -0.4 is 0 Å². The zero-order valence-electron chi connectivity index (χ0n) is 29.5. The molecule has 4 heteroatoms. The molecule has 1 atom stereocenters. The Morgan fingerprint density at radius 2 is 0.955 bits per heavy atom. The first kappa shape index (κ1) is 42.4. The molecule has 0 aromatic carbocycles. The van der Waals surface area contributed by atoms with E-state index >= 15 is 0 Å². The first-order valence-corrected chi connectivity index (χ1v) is 19.3. The number of carboxylic acid groups (broad SMARTS) is 1. The molecule has 0 aliphatic rings. The first-order chi connectivity index (χ1) is 21.6. The number of rotatable bonds is 35. The van der Waals surface area contributed by atoms with Gasteiger partial charge in [-0.05, 0) is 51.0 Å². The van der Waals surface area contributed by atoms with Gasteiger partial charge in [0.2, 0.25) is 0 Å². The van der Waals surface area contributed by atoms with Crippen LogP contribution in [0.15, 0.2) is 24.3 Å². The molecule has 0 heterocycles. The van der Waals surface area contributed by atoms with E-state index in [2.05, 4.69) is 38.2 Å². The molecular weight excluding hydrogens is 544 g/mol. The van der Waals surface area contributed by atoms with Gasteiger partial charge in [-0.15, -0.1) is 0 Å². The summed E-state index contributed by atoms with van der Waals surface area (Å²) in [6.07, 6.45) is 45.0. The van der Waals surface area contributed by atoms with Gasteiger partial charge in [0.1, 0.15) is 6.10 Å². The zero-order chi connectivity index (χ0) is 32.2. The molecule has 4 nitrogen and oxygen atoms in total. The molecule has 1 unspecified atom stereocenters. The molecule has 0 rings (SSSR count). The van der Waals surface area contributed by atoms with E-state index in [0.717, 1.165) is 70.6 Å². The molecular formula is C40H74O4. The molecule has 0 bridgehead atoms. The van der Waals surface area contributed by atoms with Crippen molar-refractivity contribution >= 4 is 11.9 Å². The quantitative estimate of drug-likeness (QED) is 0.0436. The average Bonchev–Trinajstić information content (AvgIpc) is 3.01. The molecule has 0 aliphatic heterocycles. The summed E-state index contributed by atoms with van der Waals surface area (Å²) < 4.78 is 5.90. The molecule has 0 aromatic rings.